The zero-order valence-corrected chi connectivity index (χ0v) is 15.6. The summed E-state index contributed by atoms with van der Waals surface area (Å²) in [6, 6.07) is 6.97. The summed E-state index contributed by atoms with van der Waals surface area (Å²) in [5.74, 6) is 0.636. The zero-order valence-electron chi connectivity index (χ0n) is 14.8. The van der Waals surface area contributed by atoms with Crippen molar-refractivity contribution in [1.29, 1.82) is 0 Å². The summed E-state index contributed by atoms with van der Waals surface area (Å²) in [6.45, 7) is 3.69. The molecule has 1 amide bonds. The van der Waals surface area contributed by atoms with Crippen molar-refractivity contribution in [3.05, 3.63) is 62.2 Å². The first-order valence-corrected chi connectivity index (χ1v) is 8.13. The summed E-state index contributed by atoms with van der Waals surface area (Å²) in [6.07, 6.45) is 0. The largest absolute Gasteiger partial charge is 0.493 e. The summed E-state index contributed by atoms with van der Waals surface area (Å²) in [4.78, 5) is 22.9. The first kappa shape index (κ1) is 19.5. The predicted octanol–water partition coefficient (Wildman–Crippen LogP) is 4.06. The van der Waals surface area contributed by atoms with Gasteiger partial charge in [-0.3, -0.25) is 14.9 Å². The van der Waals surface area contributed by atoms with E-state index in [1.807, 2.05) is 13.0 Å². The number of non-ortho nitro benzene ring substituents is 1. The third-order valence-electron chi connectivity index (χ3n) is 3.99. The van der Waals surface area contributed by atoms with Crippen molar-refractivity contribution in [3.63, 3.8) is 0 Å². The number of aryl methyl sites for hydroxylation is 1. The molecular weight excluding hydrogens is 360 g/mol. The van der Waals surface area contributed by atoms with Gasteiger partial charge in [0.2, 0.25) is 0 Å². The van der Waals surface area contributed by atoms with Crippen molar-refractivity contribution in [3.8, 4) is 11.5 Å². The lowest BCUT2D eigenvalue weighted by Crippen LogP contribution is -2.27. The minimum Gasteiger partial charge on any atom is -0.493 e. The van der Waals surface area contributed by atoms with E-state index in [9.17, 15) is 14.9 Å². The van der Waals surface area contributed by atoms with E-state index >= 15 is 0 Å². The molecule has 7 nitrogen and oxygen atoms in total. The molecule has 0 aliphatic carbocycles. The lowest BCUT2D eigenvalue weighted by atomic mass is 10.0. The molecule has 0 spiro atoms. The van der Waals surface area contributed by atoms with Crippen LogP contribution >= 0.6 is 11.6 Å². The fraction of sp³-hybridized carbons (Fsp3) is 0.278. The SMILES string of the molecule is COc1cc(C)c(C(C)NC(=O)c2cc([N+](=O)[O-])ccc2Cl)cc1OC. The second-order valence-corrected chi connectivity index (χ2v) is 6.09. The molecule has 0 aliphatic rings. The Morgan fingerprint density at radius 3 is 2.38 bits per heavy atom. The van der Waals surface area contributed by atoms with E-state index in [2.05, 4.69) is 5.32 Å². The van der Waals surface area contributed by atoms with Crippen LogP contribution in [-0.2, 0) is 0 Å². The highest BCUT2D eigenvalue weighted by atomic mass is 35.5. The Kier molecular flexibility index (Phi) is 6.05. The minimum atomic E-state index is -0.574. The van der Waals surface area contributed by atoms with Gasteiger partial charge in [-0.15, -0.1) is 0 Å². The van der Waals surface area contributed by atoms with Crippen molar-refractivity contribution in [2.75, 3.05) is 14.2 Å². The molecule has 2 aromatic carbocycles. The maximum Gasteiger partial charge on any atom is 0.270 e. The number of nitrogens with one attached hydrogen (secondary N) is 1. The van der Waals surface area contributed by atoms with E-state index in [0.717, 1.165) is 17.2 Å². The van der Waals surface area contributed by atoms with E-state index in [-0.39, 0.29) is 22.3 Å². The Balaban J connectivity index is 2.30. The van der Waals surface area contributed by atoms with Crippen LogP contribution in [0.2, 0.25) is 5.02 Å². The summed E-state index contributed by atoms with van der Waals surface area (Å²) >= 11 is 6.02. The Morgan fingerprint density at radius 1 is 1.19 bits per heavy atom. The number of hydrogen-bond acceptors (Lipinski definition) is 5. The number of nitro groups is 1. The quantitative estimate of drug-likeness (QED) is 0.604. The molecule has 0 radical (unpaired) electrons. The van der Waals surface area contributed by atoms with Gasteiger partial charge in [-0.25, -0.2) is 0 Å². The van der Waals surface area contributed by atoms with E-state index < -0.39 is 10.8 Å². The van der Waals surface area contributed by atoms with Crippen LogP contribution in [0.1, 0.15) is 34.5 Å². The maximum atomic E-state index is 12.5. The van der Waals surface area contributed by atoms with Gasteiger partial charge in [0.05, 0.1) is 35.8 Å². The molecular formula is C18H19ClN2O5. The van der Waals surface area contributed by atoms with E-state index in [4.69, 9.17) is 21.1 Å². The van der Waals surface area contributed by atoms with E-state index in [1.165, 1.54) is 19.2 Å². The number of carbonyl (C=O) groups excluding carboxylic acids is 1. The third-order valence-corrected chi connectivity index (χ3v) is 4.32. The molecule has 2 rings (SSSR count). The standard InChI is InChI=1S/C18H19ClN2O5/c1-10-7-16(25-3)17(26-4)9-13(10)11(2)20-18(22)14-8-12(21(23)24)5-6-15(14)19/h5-9,11H,1-4H3,(H,20,22). The molecule has 1 N–H and O–H groups in total. The lowest BCUT2D eigenvalue weighted by molar-refractivity contribution is -0.384. The molecule has 0 fully saturated rings. The Hall–Kier alpha value is -2.80. The number of benzene rings is 2. The van der Waals surface area contributed by atoms with Gasteiger partial charge in [0.1, 0.15) is 0 Å². The Morgan fingerprint density at radius 2 is 1.81 bits per heavy atom. The second kappa shape index (κ2) is 8.05. The number of nitro benzene ring substituents is 1. The monoisotopic (exact) mass is 378 g/mol. The Labute approximate surface area is 156 Å². The van der Waals surface area contributed by atoms with Gasteiger partial charge >= 0.3 is 0 Å². The lowest BCUT2D eigenvalue weighted by Gasteiger charge is -2.19. The summed E-state index contributed by atoms with van der Waals surface area (Å²) in [7, 11) is 3.08. The topological polar surface area (TPSA) is 90.7 Å². The molecule has 2 aromatic rings. The number of rotatable bonds is 6. The molecule has 0 aromatic heterocycles. The summed E-state index contributed by atoms with van der Waals surface area (Å²) < 4.78 is 10.6. The molecule has 0 saturated heterocycles. The summed E-state index contributed by atoms with van der Waals surface area (Å²) in [5, 5.41) is 13.9. The van der Waals surface area contributed by atoms with Crippen LogP contribution in [0.5, 0.6) is 11.5 Å². The van der Waals surface area contributed by atoms with Crippen LogP contribution in [0, 0.1) is 17.0 Å². The van der Waals surface area contributed by atoms with Gasteiger partial charge in [-0.1, -0.05) is 11.6 Å². The highest BCUT2D eigenvalue weighted by Crippen LogP contribution is 2.33. The average Bonchev–Trinajstić information content (AvgIpc) is 2.61. The molecule has 1 unspecified atom stereocenters. The fourth-order valence-electron chi connectivity index (χ4n) is 2.62. The van der Waals surface area contributed by atoms with Crippen LogP contribution in [0.25, 0.3) is 0 Å². The number of ether oxygens (including phenoxy) is 2. The molecule has 0 saturated carbocycles. The van der Waals surface area contributed by atoms with Crippen molar-refractivity contribution in [2.24, 2.45) is 0 Å². The van der Waals surface area contributed by atoms with Gasteiger partial charge in [0.15, 0.2) is 11.5 Å². The number of nitrogens with zero attached hydrogens (tertiary/aromatic N) is 1. The highest BCUT2D eigenvalue weighted by molar-refractivity contribution is 6.33. The number of methoxy groups -OCH3 is 2. The minimum absolute atomic E-state index is 0.0471. The highest BCUT2D eigenvalue weighted by Gasteiger charge is 2.20. The van der Waals surface area contributed by atoms with Crippen LogP contribution in [0.4, 0.5) is 5.69 Å². The normalized spacial score (nSPS) is 11.6. The third kappa shape index (κ3) is 4.05. The van der Waals surface area contributed by atoms with Crippen LogP contribution in [0.3, 0.4) is 0 Å². The van der Waals surface area contributed by atoms with Gasteiger partial charge in [-0.05, 0) is 43.2 Å². The number of halogens is 1. The smallest absolute Gasteiger partial charge is 0.270 e. The van der Waals surface area contributed by atoms with Crippen molar-refractivity contribution in [1.82, 2.24) is 5.32 Å². The first-order valence-electron chi connectivity index (χ1n) is 7.75. The fourth-order valence-corrected chi connectivity index (χ4v) is 2.82. The number of carbonyl (C=O) groups is 1. The molecule has 0 heterocycles. The molecule has 0 aliphatic heterocycles. The molecule has 8 heteroatoms. The van der Waals surface area contributed by atoms with Gasteiger partial charge in [-0.2, -0.15) is 0 Å². The van der Waals surface area contributed by atoms with Gasteiger partial charge < -0.3 is 14.8 Å². The zero-order chi connectivity index (χ0) is 19.4. The summed E-state index contributed by atoms with van der Waals surface area (Å²) in [5.41, 5.74) is 1.58. The van der Waals surface area contributed by atoms with E-state index in [1.54, 1.807) is 20.1 Å². The second-order valence-electron chi connectivity index (χ2n) is 5.68. The van der Waals surface area contributed by atoms with Crippen molar-refractivity contribution >= 4 is 23.2 Å². The molecule has 0 bridgehead atoms. The van der Waals surface area contributed by atoms with Crippen LogP contribution < -0.4 is 14.8 Å². The van der Waals surface area contributed by atoms with Crippen LogP contribution in [-0.4, -0.2) is 25.1 Å². The van der Waals surface area contributed by atoms with Gasteiger partial charge in [0.25, 0.3) is 11.6 Å². The van der Waals surface area contributed by atoms with Crippen molar-refractivity contribution in [2.45, 2.75) is 19.9 Å². The number of amides is 1. The Bertz CT molecular complexity index is 854. The van der Waals surface area contributed by atoms with Crippen LogP contribution in [0.15, 0.2) is 30.3 Å². The molecule has 138 valence electrons. The van der Waals surface area contributed by atoms with Gasteiger partial charge in [0, 0.05) is 12.1 Å². The van der Waals surface area contributed by atoms with E-state index in [0.29, 0.717) is 11.5 Å². The maximum absolute atomic E-state index is 12.5. The molecule has 1 atom stereocenters. The number of hydrogen-bond donors (Lipinski definition) is 1. The average molecular weight is 379 g/mol. The predicted molar refractivity (Wildman–Crippen MR) is 98.3 cm³/mol. The molecule has 26 heavy (non-hydrogen) atoms. The first-order chi connectivity index (χ1) is 12.3. The van der Waals surface area contributed by atoms with Crippen molar-refractivity contribution < 1.29 is 19.2 Å².